The van der Waals surface area contributed by atoms with Crippen LogP contribution in [0.2, 0.25) is 0 Å². The summed E-state index contributed by atoms with van der Waals surface area (Å²) in [6.07, 6.45) is 0.931. The molecule has 2 aromatic rings. The molecule has 0 saturated carbocycles. The van der Waals surface area contributed by atoms with Crippen LogP contribution < -0.4 is 5.73 Å². The molecular weight excluding hydrogens is 316 g/mol. The van der Waals surface area contributed by atoms with E-state index in [1.807, 2.05) is 24.3 Å². The summed E-state index contributed by atoms with van der Waals surface area (Å²) >= 11 is 0. The molecule has 4 rings (SSSR count). The van der Waals surface area contributed by atoms with E-state index in [1.54, 1.807) is 0 Å². The molecule has 0 radical (unpaired) electrons. The lowest BCUT2D eigenvalue weighted by atomic mass is 9.98. The van der Waals surface area contributed by atoms with Gasteiger partial charge in [-0.25, -0.2) is 4.79 Å². The molecule has 2 amide bonds. The van der Waals surface area contributed by atoms with Gasteiger partial charge in [-0.15, -0.1) is 0 Å². The Hall–Kier alpha value is -2.82. The number of rotatable bonds is 3. The number of carbonyl (C=O) groups is 2. The molecule has 25 heavy (non-hydrogen) atoms. The van der Waals surface area contributed by atoms with Crippen LogP contribution in [0.25, 0.3) is 11.1 Å². The van der Waals surface area contributed by atoms with Gasteiger partial charge < -0.3 is 10.5 Å². The van der Waals surface area contributed by atoms with Crippen LogP contribution in [0.4, 0.5) is 4.79 Å². The number of ether oxygens (including phenoxy) is 1. The Morgan fingerprint density at radius 1 is 1.04 bits per heavy atom. The van der Waals surface area contributed by atoms with Gasteiger partial charge in [-0.05, 0) is 35.1 Å². The van der Waals surface area contributed by atoms with Crippen molar-refractivity contribution in [3.8, 4) is 11.1 Å². The monoisotopic (exact) mass is 336 g/mol. The SMILES string of the molecule is NC(=O)C1CCCN1C(=O)OCC1c2ccccc2-c2ccccc21. The zero-order chi connectivity index (χ0) is 17.4. The first-order chi connectivity index (χ1) is 12.2. The van der Waals surface area contributed by atoms with Crippen molar-refractivity contribution in [3.05, 3.63) is 59.7 Å². The fraction of sp³-hybridized carbons (Fsp3) is 0.300. The Morgan fingerprint density at radius 2 is 1.64 bits per heavy atom. The molecule has 2 aromatic carbocycles. The first-order valence-corrected chi connectivity index (χ1v) is 8.57. The van der Waals surface area contributed by atoms with Gasteiger partial charge in [-0.3, -0.25) is 9.69 Å². The normalized spacial score (nSPS) is 18.7. The van der Waals surface area contributed by atoms with Crippen LogP contribution in [0.15, 0.2) is 48.5 Å². The van der Waals surface area contributed by atoms with E-state index < -0.39 is 18.0 Å². The maximum Gasteiger partial charge on any atom is 0.410 e. The topological polar surface area (TPSA) is 72.6 Å². The number of amides is 2. The molecule has 1 unspecified atom stereocenters. The van der Waals surface area contributed by atoms with Gasteiger partial charge >= 0.3 is 6.09 Å². The summed E-state index contributed by atoms with van der Waals surface area (Å²) in [5.41, 5.74) is 10.1. The molecule has 0 bridgehead atoms. The summed E-state index contributed by atoms with van der Waals surface area (Å²) in [5.74, 6) is -0.447. The lowest BCUT2D eigenvalue weighted by Crippen LogP contribution is -2.44. The van der Waals surface area contributed by atoms with Crippen molar-refractivity contribution in [1.29, 1.82) is 0 Å². The van der Waals surface area contributed by atoms with E-state index in [9.17, 15) is 9.59 Å². The third-order valence-electron chi connectivity index (χ3n) is 5.15. The number of primary amides is 1. The molecule has 5 nitrogen and oxygen atoms in total. The Kier molecular flexibility index (Phi) is 3.92. The minimum atomic E-state index is -0.546. The van der Waals surface area contributed by atoms with Crippen LogP contribution in [0.5, 0.6) is 0 Å². The minimum Gasteiger partial charge on any atom is -0.448 e. The summed E-state index contributed by atoms with van der Waals surface area (Å²) < 4.78 is 5.58. The van der Waals surface area contributed by atoms with Crippen LogP contribution in [-0.4, -0.2) is 36.1 Å². The van der Waals surface area contributed by atoms with E-state index in [0.717, 1.165) is 6.42 Å². The fourth-order valence-corrected chi connectivity index (χ4v) is 3.96. The third kappa shape index (κ3) is 2.65. The summed E-state index contributed by atoms with van der Waals surface area (Å²) in [6, 6.07) is 15.9. The second-order valence-corrected chi connectivity index (χ2v) is 6.56. The second kappa shape index (κ2) is 6.24. The zero-order valence-corrected chi connectivity index (χ0v) is 13.9. The smallest absolute Gasteiger partial charge is 0.410 e. The number of nitrogens with two attached hydrogens (primary N) is 1. The van der Waals surface area contributed by atoms with Crippen LogP contribution in [0.3, 0.4) is 0 Å². The maximum absolute atomic E-state index is 12.4. The van der Waals surface area contributed by atoms with E-state index in [-0.39, 0.29) is 12.5 Å². The lowest BCUT2D eigenvalue weighted by Gasteiger charge is -2.23. The molecule has 1 fully saturated rings. The summed E-state index contributed by atoms with van der Waals surface area (Å²) in [4.78, 5) is 25.4. The van der Waals surface area contributed by atoms with Gasteiger partial charge in [0.25, 0.3) is 0 Å². The highest BCUT2D eigenvalue weighted by atomic mass is 16.6. The number of hydrogen-bond acceptors (Lipinski definition) is 3. The highest BCUT2D eigenvalue weighted by Gasteiger charge is 2.35. The van der Waals surface area contributed by atoms with Gasteiger partial charge in [-0.1, -0.05) is 48.5 Å². The van der Waals surface area contributed by atoms with Gasteiger partial charge in [0.15, 0.2) is 0 Å². The first-order valence-electron chi connectivity index (χ1n) is 8.57. The molecule has 1 aliphatic heterocycles. The maximum atomic E-state index is 12.4. The highest BCUT2D eigenvalue weighted by Crippen LogP contribution is 2.44. The first kappa shape index (κ1) is 15.7. The zero-order valence-electron chi connectivity index (χ0n) is 13.9. The Balaban J connectivity index is 1.53. The number of likely N-dealkylation sites (tertiary alicyclic amines) is 1. The van der Waals surface area contributed by atoms with E-state index >= 15 is 0 Å². The molecule has 2 N–H and O–H groups in total. The van der Waals surface area contributed by atoms with Gasteiger partial charge in [0.2, 0.25) is 5.91 Å². The third-order valence-corrected chi connectivity index (χ3v) is 5.15. The molecule has 128 valence electrons. The van der Waals surface area contributed by atoms with E-state index in [2.05, 4.69) is 24.3 Å². The molecular formula is C20H20N2O3. The number of fused-ring (bicyclic) bond motifs is 3. The number of carbonyl (C=O) groups excluding carboxylic acids is 2. The predicted molar refractivity (Wildman–Crippen MR) is 94.0 cm³/mol. The average Bonchev–Trinajstić information content (AvgIpc) is 3.23. The molecule has 1 aliphatic carbocycles. The fourth-order valence-electron chi connectivity index (χ4n) is 3.96. The number of benzene rings is 2. The van der Waals surface area contributed by atoms with Gasteiger partial charge in [0.05, 0.1) is 0 Å². The largest absolute Gasteiger partial charge is 0.448 e. The highest BCUT2D eigenvalue weighted by molar-refractivity contribution is 5.85. The average molecular weight is 336 g/mol. The predicted octanol–water partition coefficient (Wildman–Crippen LogP) is 2.89. The van der Waals surface area contributed by atoms with E-state index in [1.165, 1.54) is 27.2 Å². The number of hydrogen-bond donors (Lipinski definition) is 1. The van der Waals surface area contributed by atoms with Crippen molar-refractivity contribution in [2.45, 2.75) is 24.8 Å². The second-order valence-electron chi connectivity index (χ2n) is 6.56. The summed E-state index contributed by atoms with van der Waals surface area (Å²) in [7, 11) is 0. The van der Waals surface area contributed by atoms with Crippen molar-refractivity contribution >= 4 is 12.0 Å². The van der Waals surface area contributed by atoms with Crippen LogP contribution in [0.1, 0.15) is 29.9 Å². The van der Waals surface area contributed by atoms with E-state index in [4.69, 9.17) is 10.5 Å². The number of nitrogens with zero attached hydrogens (tertiary/aromatic N) is 1. The Morgan fingerprint density at radius 3 is 2.24 bits per heavy atom. The summed E-state index contributed by atoms with van der Waals surface area (Å²) in [5, 5.41) is 0. The van der Waals surface area contributed by atoms with Crippen molar-refractivity contribution in [3.63, 3.8) is 0 Å². The Labute approximate surface area is 146 Å². The molecule has 1 atom stereocenters. The van der Waals surface area contributed by atoms with Gasteiger partial charge in [0, 0.05) is 12.5 Å². The van der Waals surface area contributed by atoms with Gasteiger partial charge in [-0.2, -0.15) is 0 Å². The standard InChI is InChI=1S/C20H20N2O3/c21-19(23)18-10-5-11-22(18)20(24)25-12-17-15-8-3-1-6-13(15)14-7-2-4-9-16(14)17/h1-4,6-9,17-18H,5,10-12H2,(H2,21,23). The van der Waals surface area contributed by atoms with Crippen LogP contribution in [0, 0.1) is 0 Å². The molecule has 0 spiro atoms. The Bertz CT molecular complexity index is 788. The molecule has 0 aromatic heterocycles. The quantitative estimate of drug-likeness (QED) is 0.937. The van der Waals surface area contributed by atoms with Crippen molar-refractivity contribution in [1.82, 2.24) is 4.90 Å². The summed E-state index contributed by atoms with van der Waals surface area (Å²) in [6.45, 7) is 0.777. The van der Waals surface area contributed by atoms with Crippen molar-refractivity contribution in [2.24, 2.45) is 5.73 Å². The van der Waals surface area contributed by atoms with Crippen LogP contribution >= 0.6 is 0 Å². The lowest BCUT2D eigenvalue weighted by molar-refractivity contribution is -0.121. The van der Waals surface area contributed by atoms with Gasteiger partial charge in [0.1, 0.15) is 12.6 Å². The minimum absolute atomic E-state index is 0.0194. The molecule has 5 heteroatoms. The molecule has 1 heterocycles. The van der Waals surface area contributed by atoms with E-state index in [0.29, 0.717) is 13.0 Å². The van der Waals surface area contributed by atoms with Crippen molar-refractivity contribution < 1.29 is 14.3 Å². The molecule has 1 saturated heterocycles. The van der Waals surface area contributed by atoms with Crippen molar-refractivity contribution in [2.75, 3.05) is 13.2 Å². The van der Waals surface area contributed by atoms with Crippen LogP contribution in [-0.2, 0) is 9.53 Å². The molecule has 2 aliphatic rings.